The summed E-state index contributed by atoms with van der Waals surface area (Å²) in [7, 11) is -1.85. The monoisotopic (exact) mass is 279 g/mol. The van der Waals surface area contributed by atoms with E-state index in [1.807, 2.05) is 44.2 Å². The minimum Gasteiger partial charge on any atom is -0.444 e. The van der Waals surface area contributed by atoms with Gasteiger partial charge in [-0.15, -0.1) is 0 Å². The van der Waals surface area contributed by atoms with E-state index in [-0.39, 0.29) is 0 Å². The van der Waals surface area contributed by atoms with Crippen LogP contribution in [-0.4, -0.2) is 21.7 Å². The maximum Gasteiger partial charge on any atom is 0.234 e. The lowest BCUT2D eigenvalue weighted by molar-refractivity contribution is 0.533. The van der Waals surface area contributed by atoms with Crippen LogP contribution in [0.25, 0.3) is 11.1 Å². The molecule has 0 aliphatic heterocycles. The van der Waals surface area contributed by atoms with Gasteiger partial charge < -0.3 is 4.42 Å². The topological polar surface area (TPSA) is 50.5 Å². The second-order valence-electron chi connectivity index (χ2n) is 4.56. The highest BCUT2D eigenvalue weighted by Crippen LogP contribution is 2.38. The van der Waals surface area contributed by atoms with Gasteiger partial charge in [0.1, 0.15) is 5.76 Å². The number of rotatable bonds is 3. The average molecular weight is 279 g/mol. The minimum atomic E-state index is -3.35. The molecule has 2 aromatic rings. The first kappa shape index (κ1) is 13.7. The van der Waals surface area contributed by atoms with E-state index in [4.69, 9.17) is 4.42 Å². The third-order valence-electron chi connectivity index (χ3n) is 3.21. The van der Waals surface area contributed by atoms with Crippen molar-refractivity contribution < 1.29 is 12.8 Å². The molecule has 2 rings (SSSR count). The van der Waals surface area contributed by atoms with Crippen LogP contribution in [0.3, 0.4) is 0 Å². The van der Waals surface area contributed by atoms with Crippen LogP contribution in [-0.2, 0) is 10.0 Å². The van der Waals surface area contributed by atoms with Crippen molar-refractivity contribution in [3.05, 3.63) is 41.7 Å². The largest absolute Gasteiger partial charge is 0.444 e. The van der Waals surface area contributed by atoms with E-state index < -0.39 is 10.0 Å². The Morgan fingerprint density at radius 2 is 1.68 bits per heavy atom. The summed E-state index contributed by atoms with van der Waals surface area (Å²) in [4.78, 5) is 0. The third kappa shape index (κ3) is 2.51. The molecule has 0 radical (unpaired) electrons. The standard InChI is InChI=1S/C14H17NO3S/c1-10-11(2)18-14(15(3)19(4,16)17)13(10)12-8-6-5-7-9-12/h5-9H,1-4H3. The molecule has 0 aliphatic carbocycles. The van der Waals surface area contributed by atoms with Gasteiger partial charge in [-0.2, -0.15) is 0 Å². The lowest BCUT2D eigenvalue weighted by Gasteiger charge is -2.15. The molecule has 0 saturated heterocycles. The van der Waals surface area contributed by atoms with Gasteiger partial charge in [0, 0.05) is 18.2 Å². The molecule has 0 atom stereocenters. The molecule has 0 fully saturated rings. The van der Waals surface area contributed by atoms with E-state index in [0.717, 1.165) is 28.7 Å². The molecule has 0 bridgehead atoms. The van der Waals surface area contributed by atoms with Crippen LogP contribution >= 0.6 is 0 Å². The number of aryl methyl sites for hydroxylation is 1. The molecule has 0 amide bonds. The Balaban J connectivity index is 2.68. The summed E-state index contributed by atoms with van der Waals surface area (Å²) in [6.45, 7) is 3.77. The van der Waals surface area contributed by atoms with Gasteiger partial charge in [0.15, 0.2) is 0 Å². The van der Waals surface area contributed by atoms with Crippen LogP contribution in [0.15, 0.2) is 34.7 Å². The first-order valence-electron chi connectivity index (χ1n) is 5.91. The van der Waals surface area contributed by atoms with Gasteiger partial charge in [0.2, 0.25) is 15.9 Å². The van der Waals surface area contributed by atoms with E-state index >= 15 is 0 Å². The molecular weight excluding hydrogens is 262 g/mol. The van der Waals surface area contributed by atoms with Crippen molar-refractivity contribution in [1.82, 2.24) is 0 Å². The molecule has 19 heavy (non-hydrogen) atoms. The summed E-state index contributed by atoms with van der Waals surface area (Å²) in [6, 6.07) is 9.64. The molecule has 1 aromatic heterocycles. The van der Waals surface area contributed by atoms with Crippen molar-refractivity contribution in [1.29, 1.82) is 0 Å². The van der Waals surface area contributed by atoms with E-state index in [2.05, 4.69) is 0 Å². The van der Waals surface area contributed by atoms with Crippen molar-refractivity contribution in [2.45, 2.75) is 13.8 Å². The molecule has 0 N–H and O–H groups in total. The van der Waals surface area contributed by atoms with Crippen LogP contribution in [0.1, 0.15) is 11.3 Å². The highest BCUT2D eigenvalue weighted by atomic mass is 32.2. The number of sulfonamides is 1. The quantitative estimate of drug-likeness (QED) is 0.868. The van der Waals surface area contributed by atoms with Gasteiger partial charge in [-0.05, 0) is 19.4 Å². The Hall–Kier alpha value is -1.75. The van der Waals surface area contributed by atoms with Crippen LogP contribution in [0.4, 0.5) is 5.88 Å². The summed E-state index contributed by atoms with van der Waals surface area (Å²) in [5, 5.41) is 0. The molecule has 0 aliphatic rings. The molecule has 0 unspecified atom stereocenters. The number of hydrogen-bond acceptors (Lipinski definition) is 3. The molecule has 1 aromatic carbocycles. The maximum absolute atomic E-state index is 11.7. The Morgan fingerprint density at radius 3 is 2.21 bits per heavy atom. The summed E-state index contributed by atoms with van der Waals surface area (Å²) < 4.78 is 30.2. The molecule has 1 heterocycles. The number of furan rings is 1. The number of anilines is 1. The van der Waals surface area contributed by atoms with Crippen LogP contribution < -0.4 is 4.31 Å². The second-order valence-corrected chi connectivity index (χ2v) is 6.57. The zero-order valence-corrected chi connectivity index (χ0v) is 12.3. The first-order chi connectivity index (χ1) is 8.82. The van der Waals surface area contributed by atoms with Crippen molar-refractivity contribution in [3.63, 3.8) is 0 Å². The fourth-order valence-electron chi connectivity index (χ4n) is 1.93. The lowest BCUT2D eigenvalue weighted by Crippen LogP contribution is -2.24. The predicted molar refractivity (Wildman–Crippen MR) is 76.9 cm³/mol. The van der Waals surface area contributed by atoms with Gasteiger partial charge in [-0.1, -0.05) is 30.3 Å². The summed E-state index contributed by atoms with van der Waals surface area (Å²) >= 11 is 0. The van der Waals surface area contributed by atoms with Gasteiger partial charge >= 0.3 is 0 Å². The van der Waals surface area contributed by atoms with E-state index in [9.17, 15) is 8.42 Å². The van der Waals surface area contributed by atoms with E-state index in [1.54, 1.807) is 0 Å². The fraction of sp³-hybridized carbons (Fsp3) is 0.286. The smallest absolute Gasteiger partial charge is 0.234 e. The van der Waals surface area contributed by atoms with Gasteiger partial charge in [-0.25, -0.2) is 12.7 Å². The zero-order chi connectivity index (χ0) is 14.2. The Labute approximate surface area is 113 Å². The van der Waals surface area contributed by atoms with Crippen molar-refractivity contribution >= 4 is 15.9 Å². The third-order valence-corrected chi connectivity index (χ3v) is 4.37. The predicted octanol–water partition coefficient (Wildman–Crippen LogP) is 2.96. The van der Waals surface area contributed by atoms with Gasteiger partial charge in [0.05, 0.1) is 6.26 Å². The number of nitrogens with zero attached hydrogens (tertiary/aromatic N) is 1. The maximum atomic E-state index is 11.7. The van der Waals surface area contributed by atoms with Crippen LogP contribution in [0.5, 0.6) is 0 Å². The molecule has 102 valence electrons. The van der Waals surface area contributed by atoms with Crippen LogP contribution in [0, 0.1) is 13.8 Å². The van der Waals surface area contributed by atoms with Crippen molar-refractivity contribution in [2.75, 3.05) is 17.6 Å². The van der Waals surface area contributed by atoms with Crippen LogP contribution in [0.2, 0.25) is 0 Å². The lowest BCUT2D eigenvalue weighted by atomic mass is 10.0. The molecule has 5 heteroatoms. The van der Waals surface area contributed by atoms with Crippen molar-refractivity contribution in [3.8, 4) is 11.1 Å². The zero-order valence-electron chi connectivity index (χ0n) is 11.5. The van der Waals surface area contributed by atoms with Gasteiger partial charge in [-0.3, -0.25) is 0 Å². The summed E-state index contributed by atoms with van der Waals surface area (Å²) in [5.41, 5.74) is 2.73. The summed E-state index contributed by atoms with van der Waals surface area (Å²) in [6.07, 6.45) is 1.16. The highest BCUT2D eigenvalue weighted by Gasteiger charge is 2.24. The van der Waals surface area contributed by atoms with E-state index in [0.29, 0.717) is 5.88 Å². The molecular formula is C14H17NO3S. The van der Waals surface area contributed by atoms with Crippen molar-refractivity contribution in [2.24, 2.45) is 0 Å². The van der Waals surface area contributed by atoms with Gasteiger partial charge in [0.25, 0.3) is 0 Å². The van der Waals surface area contributed by atoms with E-state index in [1.165, 1.54) is 11.4 Å². The molecule has 4 nitrogen and oxygen atoms in total. The first-order valence-corrected chi connectivity index (χ1v) is 7.76. The second kappa shape index (κ2) is 4.74. The highest BCUT2D eigenvalue weighted by molar-refractivity contribution is 7.92. The Kier molecular flexibility index (Phi) is 3.41. The molecule has 0 spiro atoms. The normalized spacial score (nSPS) is 11.6. The number of hydrogen-bond donors (Lipinski definition) is 0. The summed E-state index contributed by atoms with van der Waals surface area (Å²) in [5.74, 6) is 1.09. The Morgan fingerprint density at radius 1 is 1.11 bits per heavy atom. The molecule has 0 saturated carbocycles. The number of benzene rings is 1. The Bertz CT molecular complexity index is 687. The minimum absolute atomic E-state index is 0.365. The SMILES string of the molecule is Cc1oc(N(C)S(C)(=O)=O)c(-c2ccccc2)c1C. The average Bonchev–Trinajstić information content (AvgIpc) is 2.65. The fourth-order valence-corrected chi connectivity index (χ4v) is 2.36.